The molecule has 0 fully saturated rings. The molecule has 170 valence electrons. The molecular weight excluding hydrogens is 446 g/mol. The number of hydrogen-bond donors (Lipinski definition) is 1. The van der Waals surface area contributed by atoms with Gasteiger partial charge >= 0.3 is 0 Å². The summed E-state index contributed by atoms with van der Waals surface area (Å²) >= 11 is 1.33. The van der Waals surface area contributed by atoms with Gasteiger partial charge in [-0.15, -0.1) is 10.2 Å². The van der Waals surface area contributed by atoms with Crippen LogP contribution < -0.4 is 10.1 Å². The highest BCUT2D eigenvalue weighted by molar-refractivity contribution is 7.15. The monoisotopic (exact) mass is 469 g/mol. The lowest BCUT2D eigenvalue weighted by molar-refractivity contribution is -0.111. The number of nitrogens with zero attached hydrogens (tertiary/aromatic N) is 2. The maximum Gasteiger partial charge on any atom is 0.250 e. The number of amides is 1. The average molecular weight is 470 g/mol. The summed E-state index contributed by atoms with van der Waals surface area (Å²) in [6.45, 7) is 5.70. The van der Waals surface area contributed by atoms with Gasteiger partial charge in [0, 0.05) is 28.2 Å². The fourth-order valence-corrected chi connectivity index (χ4v) is 4.81. The number of rotatable bonds is 5. The minimum Gasteiger partial charge on any atom is -0.496 e. The third kappa shape index (κ3) is 3.95. The van der Waals surface area contributed by atoms with Gasteiger partial charge in [0.1, 0.15) is 16.3 Å². The van der Waals surface area contributed by atoms with Crippen molar-refractivity contribution in [2.24, 2.45) is 0 Å². The van der Waals surface area contributed by atoms with E-state index in [0.29, 0.717) is 10.9 Å². The van der Waals surface area contributed by atoms with Crippen LogP contribution in [0, 0.1) is 13.8 Å². The Morgan fingerprint density at radius 2 is 1.88 bits per heavy atom. The van der Waals surface area contributed by atoms with E-state index in [1.165, 1.54) is 22.1 Å². The van der Waals surface area contributed by atoms with Gasteiger partial charge in [-0.1, -0.05) is 47.7 Å². The van der Waals surface area contributed by atoms with Gasteiger partial charge < -0.3 is 9.15 Å². The van der Waals surface area contributed by atoms with Gasteiger partial charge in [0.05, 0.1) is 13.4 Å². The number of methoxy groups -OCH3 is 1. The zero-order valence-corrected chi connectivity index (χ0v) is 20.1. The second-order valence-electron chi connectivity index (χ2n) is 8.11. The number of furan rings is 1. The molecule has 0 spiro atoms. The molecule has 0 radical (unpaired) electrons. The summed E-state index contributed by atoms with van der Waals surface area (Å²) in [5.41, 5.74) is 5.32. The second-order valence-corrected chi connectivity index (χ2v) is 9.29. The third-order valence-electron chi connectivity index (χ3n) is 5.84. The maximum atomic E-state index is 12.6. The first-order valence-electron chi connectivity index (χ1n) is 10.8. The molecule has 6 nitrogen and oxygen atoms in total. The number of benzene rings is 3. The number of fused-ring (bicyclic) bond motifs is 2. The fraction of sp³-hybridized carbons (Fsp3) is 0.148. The molecule has 0 aliphatic carbocycles. The van der Waals surface area contributed by atoms with Gasteiger partial charge in [0.2, 0.25) is 11.0 Å². The van der Waals surface area contributed by atoms with Crippen molar-refractivity contribution in [3.05, 3.63) is 77.0 Å². The molecule has 0 aliphatic heterocycles. The molecule has 1 N–H and O–H groups in total. The number of carbonyl (C=O) groups excluding carboxylic acids is 1. The number of hydrogen-bond acceptors (Lipinski definition) is 6. The Hall–Kier alpha value is -3.97. The van der Waals surface area contributed by atoms with E-state index in [2.05, 4.69) is 45.8 Å². The van der Waals surface area contributed by atoms with Crippen molar-refractivity contribution in [2.45, 2.75) is 20.8 Å². The lowest BCUT2D eigenvalue weighted by Gasteiger charge is -2.13. The maximum absolute atomic E-state index is 12.6. The van der Waals surface area contributed by atoms with Crippen molar-refractivity contribution in [1.29, 1.82) is 0 Å². The lowest BCUT2D eigenvalue weighted by Crippen LogP contribution is -2.08. The molecule has 0 aliphatic rings. The van der Waals surface area contributed by atoms with E-state index in [0.717, 1.165) is 43.8 Å². The number of aromatic nitrogens is 2. The van der Waals surface area contributed by atoms with Crippen molar-refractivity contribution >= 4 is 49.7 Å². The second kappa shape index (κ2) is 8.76. The summed E-state index contributed by atoms with van der Waals surface area (Å²) in [4.78, 5) is 12.6. The van der Waals surface area contributed by atoms with Gasteiger partial charge in [0.25, 0.3) is 0 Å². The SMILES string of the molecule is COc1c(/C(C)=C/C(=O)Nc2nnc(C)s2)cc2c(-c3ccc4ccccc4c3)coc2c1C. The van der Waals surface area contributed by atoms with Crippen LogP contribution in [0.5, 0.6) is 5.75 Å². The largest absolute Gasteiger partial charge is 0.496 e. The highest BCUT2D eigenvalue weighted by Crippen LogP contribution is 2.41. The van der Waals surface area contributed by atoms with E-state index in [1.54, 1.807) is 19.4 Å². The van der Waals surface area contributed by atoms with Crippen LogP contribution in [-0.2, 0) is 4.79 Å². The van der Waals surface area contributed by atoms with Crippen LogP contribution >= 0.6 is 11.3 Å². The Labute approximate surface area is 200 Å². The third-order valence-corrected chi connectivity index (χ3v) is 6.59. The van der Waals surface area contributed by atoms with Crippen molar-refractivity contribution in [3.8, 4) is 16.9 Å². The highest BCUT2D eigenvalue weighted by atomic mass is 32.1. The minimum atomic E-state index is -0.268. The van der Waals surface area contributed by atoms with E-state index in [-0.39, 0.29) is 5.91 Å². The standard InChI is InChI=1S/C27H23N3O3S/c1-15(11-24(31)28-27-30-29-17(3)34-27)21-13-22-23(14-33-26(22)16(2)25(21)32-4)20-10-9-18-7-5-6-8-19(18)12-20/h5-14H,1-4H3,(H,28,30,31)/b15-11+. The zero-order valence-electron chi connectivity index (χ0n) is 19.3. The molecular formula is C27H23N3O3S. The zero-order chi connectivity index (χ0) is 23.8. The molecule has 5 aromatic rings. The van der Waals surface area contributed by atoms with Gasteiger partial charge in [0.15, 0.2) is 0 Å². The first-order chi connectivity index (χ1) is 16.4. The van der Waals surface area contributed by atoms with Gasteiger partial charge in [-0.05, 0) is 54.8 Å². The van der Waals surface area contributed by atoms with Crippen LogP contribution in [0.1, 0.15) is 23.1 Å². The van der Waals surface area contributed by atoms with Crippen LogP contribution in [0.3, 0.4) is 0 Å². The number of ether oxygens (including phenoxy) is 1. The molecule has 0 atom stereocenters. The molecule has 0 bridgehead atoms. The summed E-state index contributed by atoms with van der Waals surface area (Å²) in [6.07, 6.45) is 3.34. The molecule has 3 aromatic carbocycles. The summed E-state index contributed by atoms with van der Waals surface area (Å²) < 4.78 is 11.7. The van der Waals surface area contributed by atoms with Crippen LogP contribution in [-0.4, -0.2) is 23.2 Å². The van der Waals surface area contributed by atoms with Gasteiger partial charge in [-0.25, -0.2) is 0 Å². The average Bonchev–Trinajstić information content (AvgIpc) is 3.44. The van der Waals surface area contributed by atoms with Crippen LogP contribution in [0.4, 0.5) is 5.13 Å². The minimum absolute atomic E-state index is 0.268. The summed E-state index contributed by atoms with van der Waals surface area (Å²) in [7, 11) is 1.63. The molecule has 34 heavy (non-hydrogen) atoms. The molecule has 0 saturated carbocycles. The smallest absolute Gasteiger partial charge is 0.250 e. The predicted octanol–water partition coefficient (Wildman–Crippen LogP) is 6.77. The summed E-state index contributed by atoms with van der Waals surface area (Å²) in [6, 6.07) is 16.7. The molecule has 2 heterocycles. The van der Waals surface area contributed by atoms with E-state index in [9.17, 15) is 4.79 Å². The molecule has 1 amide bonds. The quantitative estimate of drug-likeness (QED) is 0.287. The molecule has 2 aromatic heterocycles. The number of aryl methyl sites for hydroxylation is 2. The van der Waals surface area contributed by atoms with Gasteiger partial charge in [-0.3, -0.25) is 10.1 Å². The Bertz CT molecular complexity index is 1580. The highest BCUT2D eigenvalue weighted by Gasteiger charge is 2.19. The number of anilines is 1. The first-order valence-corrected chi connectivity index (χ1v) is 11.6. The normalized spacial score (nSPS) is 11.8. The topological polar surface area (TPSA) is 77.2 Å². The molecule has 0 unspecified atom stereocenters. The lowest BCUT2D eigenvalue weighted by atomic mass is 9.95. The van der Waals surface area contributed by atoms with E-state index < -0.39 is 0 Å². The number of allylic oxidation sites excluding steroid dienone is 1. The Kier molecular flexibility index (Phi) is 5.63. The molecule has 7 heteroatoms. The Morgan fingerprint density at radius 1 is 1.09 bits per heavy atom. The van der Waals surface area contributed by atoms with Crippen molar-refractivity contribution in [3.63, 3.8) is 0 Å². The van der Waals surface area contributed by atoms with E-state index in [4.69, 9.17) is 9.15 Å². The van der Waals surface area contributed by atoms with Crippen molar-refractivity contribution < 1.29 is 13.9 Å². The van der Waals surface area contributed by atoms with Crippen LogP contribution in [0.15, 0.2) is 65.3 Å². The van der Waals surface area contributed by atoms with Crippen molar-refractivity contribution in [2.75, 3.05) is 12.4 Å². The Balaban J connectivity index is 1.59. The van der Waals surface area contributed by atoms with Crippen LogP contribution in [0.2, 0.25) is 0 Å². The number of nitrogens with one attached hydrogen (secondary N) is 1. The summed E-state index contributed by atoms with van der Waals surface area (Å²) in [5.74, 6) is 0.413. The van der Waals surface area contributed by atoms with Crippen LogP contribution in [0.25, 0.3) is 38.4 Å². The molecule has 5 rings (SSSR count). The summed E-state index contributed by atoms with van der Waals surface area (Å²) in [5, 5.41) is 15.2. The molecule has 0 saturated heterocycles. The first kappa shape index (κ1) is 21.9. The number of carbonyl (C=O) groups is 1. The predicted molar refractivity (Wildman–Crippen MR) is 137 cm³/mol. The van der Waals surface area contributed by atoms with E-state index >= 15 is 0 Å². The Morgan fingerprint density at radius 3 is 2.62 bits per heavy atom. The fourth-order valence-electron chi connectivity index (χ4n) is 4.22. The van der Waals surface area contributed by atoms with E-state index in [1.807, 2.05) is 39.0 Å². The van der Waals surface area contributed by atoms with Gasteiger partial charge in [-0.2, -0.15) is 0 Å². The van der Waals surface area contributed by atoms with Crippen molar-refractivity contribution in [1.82, 2.24) is 10.2 Å².